The first-order valence-corrected chi connectivity index (χ1v) is 10.8. The lowest BCUT2D eigenvalue weighted by Gasteiger charge is -2.19. The van der Waals surface area contributed by atoms with E-state index in [0.717, 1.165) is 12.8 Å². The molecule has 0 bridgehead atoms. The molecule has 2 rings (SSSR count). The van der Waals surface area contributed by atoms with Crippen molar-refractivity contribution in [2.24, 2.45) is 0 Å². The van der Waals surface area contributed by atoms with E-state index in [9.17, 15) is 13.2 Å². The Morgan fingerprint density at radius 2 is 1.66 bits per heavy atom. The van der Waals surface area contributed by atoms with Crippen LogP contribution in [-0.4, -0.2) is 40.6 Å². The Balaban J connectivity index is 1.95. The van der Waals surface area contributed by atoms with Gasteiger partial charge < -0.3 is 14.8 Å². The quantitative estimate of drug-likeness (QED) is 0.616. The highest BCUT2D eigenvalue weighted by atomic mass is 32.2. The lowest BCUT2D eigenvalue weighted by molar-refractivity contribution is -0.123. The lowest BCUT2D eigenvalue weighted by Crippen LogP contribution is -2.47. The number of hydrogen-bond acceptors (Lipinski definition) is 5. The van der Waals surface area contributed by atoms with Crippen molar-refractivity contribution < 1.29 is 22.7 Å². The molecule has 0 aromatic heterocycles. The van der Waals surface area contributed by atoms with Crippen molar-refractivity contribution in [1.29, 1.82) is 0 Å². The van der Waals surface area contributed by atoms with Gasteiger partial charge in [-0.2, -0.15) is 4.72 Å². The summed E-state index contributed by atoms with van der Waals surface area (Å²) in [6.45, 7) is 3.41. The van der Waals surface area contributed by atoms with Crippen molar-refractivity contribution in [3.05, 3.63) is 54.1 Å². The zero-order valence-corrected chi connectivity index (χ0v) is 18.0. The van der Waals surface area contributed by atoms with Crippen LogP contribution in [0.1, 0.15) is 25.8 Å². The second-order valence-corrected chi connectivity index (χ2v) is 8.51. The number of rotatable bonds is 10. The molecule has 158 valence electrons. The number of sulfonamides is 1. The highest BCUT2D eigenvalue weighted by molar-refractivity contribution is 7.89. The number of benzene rings is 2. The van der Waals surface area contributed by atoms with E-state index < -0.39 is 16.1 Å². The maximum absolute atomic E-state index is 12.6. The molecule has 0 saturated carbocycles. The molecule has 7 nitrogen and oxygen atoms in total. The second kappa shape index (κ2) is 10.3. The van der Waals surface area contributed by atoms with Crippen molar-refractivity contribution in [3.8, 4) is 11.5 Å². The van der Waals surface area contributed by atoms with Gasteiger partial charge in [-0.05, 0) is 44.4 Å². The summed E-state index contributed by atoms with van der Waals surface area (Å²) in [6, 6.07) is 13.2. The molecular weight excluding hydrogens is 392 g/mol. The fourth-order valence-electron chi connectivity index (χ4n) is 2.81. The van der Waals surface area contributed by atoms with Crippen LogP contribution in [0.2, 0.25) is 0 Å². The summed E-state index contributed by atoms with van der Waals surface area (Å²) in [4.78, 5) is 12.4. The minimum absolute atomic E-state index is 0.00748. The van der Waals surface area contributed by atoms with Gasteiger partial charge in [0.25, 0.3) is 0 Å². The van der Waals surface area contributed by atoms with Crippen LogP contribution in [-0.2, 0) is 21.2 Å². The molecule has 0 heterocycles. The minimum atomic E-state index is -3.90. The van der Waals surface area contributed by atoms with Crippen LogP contribution in [0.15, 0.2) is 53.4 Å². The molecule has 2 aromatic rings. The third-order valence-corrected chi connectivity index (χ3v) is 6.03. The van der Waals surface area contributed by atoms with E-state index >= 15 is 0 Å². The number of amides is 1. The van der Waals surface area contributed by atoms with Crippen molar-refractivity contribution in [2.75, 3.05) is 14.2 Å². The number of nitrogens with one attached hydrogen (secondary N) is 2. The maximum Gasteiger partial charge on any atom is 0.241 e. The monoisotopic (exact) mass is 420 g/mol. The fourth-order valence-corrected chi connectivity index (χ4v) is 4.02. The Morgan fingerprint density at radius 3 is 2.28 bits per heavy atom. The number of hydrogen-bond donors (Lipinski definition) is 2. The van der Waals surface area contributed by atoms with Gasteiger partial charge in [-0.1, -0.05) is 30.3 Å². The van der Waals surface area contributed by atoms with Crippen molar-refractivity contribution in [1.82, 2.24) is 10.0 Å². The Bertz CT molecular complexity index is 916. The predicted octanol–water partition coefficient (Wildman–Crippen LogP) is 2.51. The standard InChI is InChI=1S/C21H28N2O5S/c1-15(10-11-17-8-6-5-7-9-17)22-21(24)16(2)23-29(25,26)18-12-13-19(27-3)20(14-18)28-4/h5-9,12-16,23H,10-11H2,1-4H3,(H,22,24)/t15-,16+/m0/s1. The molecule has 0 unspecified atom stereocenters. The van der Waals surface area contributed by atoms with Crippen LogP contribution in [0.5, 0.6) is 11.5 Å². The molecule has 0 aliphatic rings. The molecule has 0 aliphatic carbocycles. The van der Waals surface area contributed by atoms with Gasteiger partial charge >= 0.3 is 0 Å². The van der Waals surface area contributed by atoms with Crippen LogP contribution in [0, 0.1) is 0 Å². The fraction of sp³-hybridized carbons (Fsp3) is 0.381. The molecule has 8 heteroatoms. The van der Waals surface area contributed by atoms with Crippen molar-refractivity contribution >= 4 is 15.9 Å². The van der Waals surface area contributed by atoms with Gasteiger partial charge in [-0.3, -0.25) is 4.79 Å². The lowest BCUT2D eigenvalue weighted by atomic mass is 10.1. The largest absolute Gasteiger partial charge is 0.493 e. The van der Waals surface area contributed by atoms with Crippen molar-refractivity contribution in [2.45, 2.75) is 43.7 Å². The van der Waals surface area contributed by atoms with Gasteiger partial charge in [0.2, 0.25) is 15.9 Å². The van der Waals surface area contributed by atoms with E-state index in [-0.39, 0.29) is 16.8 Å². The summed E-state index contributed by atoms with van der Waals surface area (Å²) in [6.07, 6.45) is 1.58. The van der Waals surface area contributed by atoms with Crippen LogP contribution in [0.3, 0.4) is 0 Å². The first-order chi connectivity index (χ1) is 13.8. The zero-order chi connectivity index (χ0) is 21.4. The average Bonchev–Trinajstić information content (AvgIpc) is 2.72. The number of ether oxygens (including phenoxy) is 2. The maximum atomic E-state index is 12.6. The number of carbonyl (C=O) groups excluding carboxylic acids is 1. The molecule has 29 heavy (non-hydrogen) atoms. The molecule has 2 atom stereocenters. The summed E-state index contributed by atoms with van der Waals surface area (Å²) in [5.74, 6) is 0.334. The smallest absolute Gasteiger partial charge is 0.241 e. The normalized spacial score (nSPS) is 13.4. The Hall–Kier alpha value is -2.58. The van der Waals surface area contributed by atoms with Gasteiger partial charge in [-0.15, -0.1) is 0 Å². The summed E-state index contributed by atoms with van der Waals surface area (Å²) < 4.78 is 37.9. The number of methoxy groups -OCH3 is 2. The van der Waals surface area contributed by atoms with Crippen LogP contribution < -0.4 is 19.5 Å². The third-order valence-electron chi connectivity index (χ3n) is 4.49. The molecule has 0 spiro atoms. The highest BCUT2D eigenvalue weighted by Crippen LogP contribution is 2.29. The van der Waals surface area contributed by atoms with E-state index in [1.807, 2.05) is 37.3 Å². The third kappa shape index (κ3) is 6.47. The number of carbonyl (C=O) groups is 1. The first-order valence-electron chi connectivity index (χ1n) is 9.35. The van der Waals surface area contributed by atoms with Gasteiger partial charge in [0, 0.05) is 12.1 Å². The van der Waals surface area contributed by atoms with E-state index in [4.69, 9.17) is 9.47 Å². The first kappa shape index (κ1) is 22.7. The molecule has 0 fully saturated rings. The summed E-state index contributed by atoms with van der Waals surface area (Å²) in [7, 11) is -1.01. The molecule has 2 aromatic carbocycles. The molecular formula is C21H28N2O5S. The van der Waals surface area contributed by atoms with Crippen LogP contribution in [0.25, 0.3) is 0 Å². The zero-order valence-electron chi connectivity index (χ0n) is 17.1. The minimum Gasteiger partial charge on any atom is -0.493 e. The van der Waals surface area contributed by atoms with E-state index in [1.54, 1.807) is 0 Å². The Kier molecular flexibility index (Phi) is 8.04. The predicted molar refractivity (Wildman–Crippen MR) is 112 cm³/mol. The van der Waals surface area contributed by atoms with Gasteiger partial charge in [0.05, 0.1) is 25.2 Å². The topological polar surface area (TPSA) is 93.7 Å². The van der Waals surface area contributed by atoms with E-state index in [2.05, 4.69) is 10.0 Å². The molecule has 0 saturated heterocycles. The van der Waals surface area contributed by atoms with E-state index in [1.165, 1.54) is 44.9 Å². The summed E-state index contributed by atoms with van der Waals surface area (Å²) in [5, 5.41) is 2.85. The molecule has 0 aliphatic heterocycles. The van der Waals surface area contributed by atoms with Gasteiger partial charge in [0.1, 0.15) is 0 Å². The van der Waals surface area contributed by atoms with Gasteiger partial charge in [0.15, 0.2) is 11.5 Å². The van der Waals surface area contributed by atoms with Crippen molar-refractivity contribution in [3.63, 3.8) is 0 Å². The summed E-state index contributed by atoms with van der Waals surface area (Å²) >= 11 is 0. The Labute approximate surface area is 172 Å². The summed E-state index contributed by atoms with van der Waals surface area (Å²) in [5.41, 5.74) is 1.19. The van der Waals surface area contributed by atoms with Gasteiger partial charge in [-0.25, -0.2) is 8.42 Å². The van der Waals surface area contributed by atoms with Crippen LogP contribution in [0.4, 0.5) is 0 Å². The Morgan fingerprint density at radius 1 is 1.00 bits per heavy atom. The average molecular weight is 421 g/mol. The SMILES string of the molecule is COc1ccc(S(=O)(=O)N[C@H](C)C(=O)N[C@@H](C)CCc2ccccc2)cc1OC. The second-order valence-electron chi connectivity index (χ2n) is 6.79. The number of aryl methyl sites for hydroxylation is 1. The van der Waals surface area contributed by atoms with E-state index in [0.29, 0.717) is 11.5 Å². The highest BCUT2D eigenvalue weighted by Gasteiger charge is 2.24. The molecule has 1 amide bonds. The molecule has 0 radical (unpaired) electrons. The molecule has 2 N–H and O–H groups in total. The van der Waals surface area contributed by atoms with Crippen LogP contribution >= 0.6 is 0 Å².